The molecular formula is C23H30N2O4S. The summed E-state index contributed by atoms with van der Waals surface area (Å²) in [5.74, 6) is 0.488. The minimum absolute atomic E-state index is 0.0469. The largest absolute Gasteiger partial charge is 0.339 e. The number of aryl methyl sites for hydroxylation is 2. The summed E-state index contributed by atoms with van der Waals surface area (Å²) in [6.45, 7) is 3.50. The van der Waals surface area contributed by atoms with Crippen LogP contribution in [0.15, 0.2) is 53.4 Å². The van der Waals surface area contributed by atoms with Crippen LogP contribution in [0, 0.1) is 12.8 Å². The highest BCUT2D eigenvalue weighted by Crippen LogP contribution is 2.24. The van der Waals surface area contributed by atoms with Gasteiger partial charge in [0.05, 0.1) is 12.0 Å². The quantitative estimate of drug-likeness (QED) is 0.629. The predicted octanol–water partition coefficient (Wildman–Crippen LogP) is 3.66. The monoisotopic (exact) mass is 430 g/mol. The molecule has 1 heterocycles. The average molecular weight is 431 g/mol. The standard InChI is InChI=1S/C23H30N2O4S/c1-18-7-9-19(10-8-18)11-12-20-13-15-25(16-14-20)23(26)21-5-4-6-22(17-21)30(27,28)24(2)29-3/h4-10,17,20H,11-16H2,1-3H3. The molecule has 2 aromatic rings. The molecule has 1 saturated heterocycles. The van der Waals surface area contributed by atoms with E-state index in [1.807, 2.05) is 4.90 Å². The molecular weight excluding hydrogens is 400 g/mol. The molecule has 0 spiro atoms. The van der Waals surface area contributed by atoms with E-state index in [9.17, 15) is 13.2 Å². The molecule has 0 radical (unpaired) electrons. The fraction of sp³-hybridized carbons (Fsp3) is 0.435. The number of nitrogens with zero attached hydrogens (tertiary/aromatic N) is 2. The minimum atomic E-state index is -3.78. The van der Waals surface area contributed by atoms with Crippen molar-refractivity contribution in [1.82, 2.24) is 9.37 Å². The van der Waals surface area contributed by atoms with Crippen molar-refractivity contribution in [3.05, 3.63) is 65.2 Å². The number of amides is 1. The van der Waals surface area contributed by atoms with Gasteiger partial charge < -0.3 is 4.90 Å². The first-order valence-electron chi connectivity index (χ1n) is 10.3. The van der Waals surface area contributed by atoms with Crippen molar-refractivity contribution in [2.24, 2.45) is 5.92 Å². The molecule has 162 valence electrons. The molecule has 1 fully saturated rings. The molecule has 2 aromatic carbocycles. The van der Waals surface area contributed by atoms with Crippen LogP contribution in [0.5, 0.6) is 0 Å². The number of rotatable bonds is 7. The summed E-state index contributed by atoms with van der Waals surface area (Å²) in [6, 6.07) is 14.8. The van der Waals surface area contributed by atoms with Crippen LogP contribution < -0.4 is 0 Å². The second-order valence-electron chi connectivity index (χ2n) is 7.89. The summed E-state index contributed by atoms with van der Waals surface area (Å²) in [4.78, 5) is 19.6. The van der Waals surface area contributed by atoms with Crippen LogP contribution in [-0.4, -0.2) is 50.9 Å². The van der Waals surface area contributed by atoms with Crippen LogP contribution in [0.1, 0.15) is 40.7 Å². The molecule has 0 aliphatic carbocycles. The number of hydrogen-bond acceptors (Lipinski definition) is 4. The Hall–Kier alpha value is -2.22. The molecule has 1 amide bonds. The molecule has 7 heteroatoms. The van der Waals surface area contributed by atoms with Gasteiger partial charge >= 0.3 is 0 Å². The molecule has 0 N–H and O–H groups in total. The van der Waals surface area contributed by atoms with E-state index in [4.69, 9.17) is 4.84 Å². The number of carbonyl (C=O) groups is 1. The highest BCUT2D eigenvalue weighted by Gasteiger charge is 2.26. The SMILES string of the molecule is CON(C)S(=O)(=O)c1cccc(C(=O)N2CCC(CCc3ccc(C)cc3)CC2)c1. The van der Waals surface area contributed by atoms with Crippen LogP contribution in [0.3, 0.4) is 0 Å². The second kappa shape index (κ2) is 9.73. The van der Waals surface area contributed by atoms with E-state index in [2.05, 4.69) is 31.2 Å². The summed E-state index contributed by atoms with van der Waals surface area (Å²) in [5.41, 5.74) is 3.02. The van der Waals surface area contributed by atoms with E-state index in [0.29, 0.717) is 24.6 Å². The Balaban J connectivity index is 1.57. The lowest BCUT2D eigenvalue weighted by Gasteiger charge is -2.32. The third kappa shape index (κ3) is 5.28. The van der Waals surface area contributed by atoms with Gasteiger partial charge in [-0.25, -0.2) is 8.42 Å². The highest BCUT2D eigenvalue weighted by atomic mass is 32.2. The summed E-state index contributed by atoms with van der Waals surface area (Å²) in [7, 11) is -1.17. The second-order valence-corrected chi connectivity index (χ2v) is 9.82. The Bertz CT molecular complexity index is 965. The van der Waals surface area contributed by atoms with Gasteiger partial charge in [0.1, 0.15) is 0 Å². The third-order valence-electron chi connectivity index (χ3n) is 5.84. The average Bonchev–Trinajstić information content (AvgIpc) is 2.78. The Morgan fingerprint density at radius 3 is 2.43 bits per heavy atom. The fourth-order valence-electron chi connectivity index (χ4n) is 3.77. The Morgan fingerprint density at radius 1 is 1.13 bits per heavy atom. The number of piperidine rings is 1. The summed E-state index contributed by atoms with van der Waals surface area (Å²) in [5, 5.41) is 0. The van der Waals surface area contributed by atoms with Crippen molar-refractivity contribution >= 4 is 15.9 Å². The van der Waals surface area contributed by atoms with Crippen molar-refractivity contribution in [3.63, 3.8) is 0 Å². The third-order valence-corrected chi connectivity index (χ3v) is 7.51. The van der Waals surface area contributed by atoms with Crippen molar-refractivity contribution in [3.8, 4) is 0 Å². The summed E-state index contributed by atoms with van der Waals surface area (Å²) in [6.07, 6.45) is 4.14. The maximum absolute atomic E-state index is 12.9. The zero-order valence-electron chi connectivity index (χ0n) is 17.9. The van der Waals surface area contributed by atoms with Crippen LogP contribution in [0.2, 0.25) is 0 Å². The number of hydrogen-bond donors (Lipinski definition) is 0. The number of likely N-dealkylation sites (tertiary alicyclic amines) is 1. The van der Waals surface area contributed by atoms with Crippen LogP contribution in [0.25, 0.3) is 0 Å². The number of benzene rings is 2. The zero-order valence-corrected chi connectivity index (χ0v) is 18.7. The number of carbonyl (C=O) groups excluding carboxylic acids is 1. The zero-order chi connectivity index (χ0) is 21.7. The van der Waals surface area contributed by atoms with Gasteiger partial charge in [-0.15, -0.1) is 0 Å². The van der Waals surface area contributed by atoms with E-state index in [1.54, 1.807) is 12.1 Å². The van der Waals surface area contributed by atoms with Crippen LogP contribution in [0.4, 0.5) is 0 Å². The van der Waals surface area contributed by atoms with Crippen molar-refractivity contribution in [1.29, 1.82) is 0 Å². The molecule has 0 atom stereocenters. The molecule has 0 bridgehead atoms. The van der Waals surface area contributed by atoms with Crippen LogP contribution in [-0.2, 0) is 21.3 Å². The first-order chi connectivity index (χ1) is 14.3. The van der Waals surface area contributed by atoms with Gasteiger partial charge in [0.15, 0.2) is 0 Å². The number of hydroxylamine groups is 1. The molecule has 3 rings (SSSR count). The van der Waals surface area contributed by atoms with E-state index in [1.165, 1.54) is 37.4 Å². The smallest absolute Gasteiger partial charge is 0.264 e. The Labute approximate surface area is 179 Å². The van der Waals surface area contributed by atoms with Gasteiger partial charge in [-0.05, 0) is 62.3 Å². The lowest BCUT2D eigenvalue weighted by atomic mass is 9.90. The van der Waals surface area contributed by atoms with E-state index >= 15 is 0 Å². The molecule has 1 aliphatic rings. The van der Waals surface area contributed by atoms with Gasteiger partial charge in [0.25, 0.3) is 15.9 Å². The van der Waals surface area contributed by atoms with Gasteiger partial charge in [0.2, 0.25) is 0 Å². The van der Waals surface area contributed by atoms with E-state index < -0.39 is 10.0 Å². The van der Waals surface area contributed by atoms with Crippen LogP contribution >= 0.6 is 0 Å². The lowest BCUT2D eigenvalue weighted by molar-refractivity contribution is -0.0258. The molecule has 0 aromatic heterocycles. The normalized spacial score (nSPS) is 15.5. The van der Waals surface area contributed by atoms with Crippen molar-refractivity contribution < 1.29 is 18.0 Å². The molecule has 0 saturated carbocycles. The molecule has 6 nitrogen and oxygen atoms in total. The first kappa shape index (κ1) is 22.5. The topological polar surface area (TPSA) is 66.9 Å². The van der Waals surface area contributed by atoms with Gasteiger partial charge in [-0.2, -0.15) is 0 Å². The first-order valence-corrected chi connectivity index (χ1v) is 11.7. The van der Waals surface area contributed by atoms with Crippen molar-refractivity contribution in [2.45, 2.75) is 37.5 Å². The van der Waals surface area contributed by atoms with Gasteiger partial charge in [0, 0.05) is 25.7 Å². The van der Waals surface area contributed by atoms with Gasteiger partial charge in [-0.3, -0.25) is 9.63 Å². The minimum Gasteiger partial charge on any atom is -0.339 e. The summed E-state index contributed by atoms with van der Waals surface area (Å²) < 4.78 is 25.7. The maximum Gasteiger partial charge on any atom is 0.264 e. The molecule has 30 heavy (non-hydrogen) atoms. The lowest BCUT2D eigenvalue weighted by Crippen LogP contribution is -2.38. The van der Waals surface area contributed by atoms with E-state index in [-0.39, 0.29) is 10.8 Å². The predicted molar refractivity (Wildman–Crippen MR) is 117 cm³/mol. The summed E-state index contributed by atoms with van der Waals surface area (Å²) >= 11 is 0. The molecule has 0 unspecified atom stereocenters. The Morgan fingerprint density at radius 2 is 1.80 bits per heavy atom. The highest BCUT2D eigenvalue weighted by molar-refractivity contribution is 7.89. The van der Waals surface area contributed by atoms with Crippen molar-refractivity contribution in [2.75, 3.05) is 27.2 Å². The maximum atomic E-state index is 12.9. The molecule has 1 aliphatic heterocycles. The Kier molecular flexibility index (Phi) is 7.28. The van der Waals surface area contributed by atoms with Gasteiger partial charge in [-0.1, -0.05) is 40.4 Å². The van der Waals surface area contributed by atoms with E-state index in [0.717, 1.165) is 30.2 Å². The fourth-order valence-corrected chi connectivity index (χ4v) is 4.79. The number of sulfonamides is 1.